The van der Waals surface area contributed by atoms with Crippen molar-refractivity contribution in [2.24, 2.45) is 5.92 Å². The Balaban J connectivity index is 2.11. The summed E-state index contributed by atoms with van der Waals surface area (Å²) in [6.07, 6.45) is 6.82. The molecule has 1 heteroatoms. The summed E-state index contributed by atoms with van der Waals surface area (Å²) in [7, 11) is 0. The first-order valence-corrected chi connectivity index (χ1v) is 7.90. The van der Waals surface area contributed by atoms with Crippen LogP contribution in [0.15, 0.2) is 24.3 Å². The zero-order valence-electron chi connectivity index (χ0n) is 13.2. The van der Waals surface area contributed by atoms with Gasteiger partial charge in [0.25, 0.3) is 0 Å². The molecule has 1 aromatic carbocycles. The van der Waals surface area contributed by atoms with Crippen LogP contribution in [0.25, 0.3) is 0 Å². The Morgan fingerprint density at radius 3 is 2.32 bits per heavy atom. The quantitative estimate of drug-likeness (QED) is 0.598. The second kappa shape index (κ2) is 9.14. The molecule has 108 valence electrons. The lowest BCUT2D eigenvalue weighted by Crippen LogP contribution is -2.20. The number of aryl methyl sites for hydroxylation is 1. The van der Waals surface area contributed by atoms with E-state index in [1.54, 1.807) is 0 Å². The summed E-state index contributed by atoms with van der Waals surface area (Å²) >= 11 is 0. The first kappa shape index (κ1) is 16.2. The molecule has 1 aromatic rings. The third-order valence-corrected chi connectivity index (χ3v) is 3.81. The number of hydrogen-bond donors (Lipinski definition) is 1. The Hall–Kier alpha value is -0.820. The lowest BCUT2D eigenvalue weighted by atomic mass is 10.0. The fourth-order valence-corrected chi connectivity index (χ4v) is 2.53. The van der Waals surface area contributed by atoms with Gasteiger partial charge in [-0.2, -0.15) is 0 Å². The number of benzene rings is 1. The van der Waals surface area contributed by atoms with Gasteiger partial charge in [0.1, 0.15) is 0 Å². The Bertz CT molecular complexity index is 343. The predicted octanol–water partition coefficient (Wildman–Crippen LogP) is 5.25. The normalized spacial score (nSPS) is 12.9. The summed E-state index contributed by atoms with van der Waals surface area (Å²) in [6, 6.07) is 9.14. The van der Waals surface area contributed by atoms with Crippen LogP contribution >= 0.6 is 0 Å². The zero-order chi connectivity index (χ0) is 14.1. The molecule has 1 N–H and O–H groups in total. The minimum atomic E-state index is 0.469. The molecule has 0 fully saturated rings. The molecule has 1 rings (SSSR count). The van der Waals surface area contributed by atoms with Crippen LogP contribution in [-0.2, 0) is 0 Å². The van der Waals surface area contributed by atoms with Crippen molar-refractivity contribution in [2.75, 3.05) is 6.54 Å². The Labute approximate surface area is 119 Å². The van der Waals surface area contributed by atoms with E-state index in [-0.39, 0.29) is 0 Å². The topological polar surface area (TPSA) is 12.0 Å². The van der Waals surface area contributed by atoms with E-state index in [1.165, 1.54) is 43.2 Å². The van der Waals surface area contributed by atoms with Crippen molar-refractivity contribution < 1.29 is 0 Å². The maximum absolute atomic E-state index is 3.64. The molecular formula is C18H31N. The standard InChI is InChI=1S/C18H31N/c1-15(2)11-7-5-6-10-14-19-17(4)18-13-9-8-12-16(18)3/h8-9,12-13,15,17,19H,5-7,10-11,14H2,1-4H3. The third-order valence-electron chi connectivity index (χ3n) is 3.81. The van der Waals surface area contributed by atoms with Gasteiger partial charge in [-0.15, -0.1) is 0 Å². The summed E-state index contributed by atoms with van der Waals surface area (Å²) in [5.74, 6) is 0.860. The van der Waals surface area contributed by atoms with Crippen LogP contribution in [-0.4, -0.2) is 6.54 Å². The van der Waals surface area contributed by atoms with E-state index in [0.29, 0.717) is 6.04 Å². The highest BCUT2D eigenvalue weighted by Crippen LogP contribution is 2.16. The average molecular weight is 261 g/mol. The third kappa shape index (κ3) is 6.77. The maximum Gasteiger partial charge on any atom is 0.0294 e. The van der Waals surface area contributed by atoms with E-state index in [1.807, 2.05) is 0 Å². The lowest BCUT2D eigenvalue weighted by Gasteiger charge is -2.16. The molecule has 0 amide bonds. The van der Waals surface area contributed by atoms with Crippen LogP contribution in [0, 0.1) is 12.8 Å². The Morgan fingerprint density at radius 2 is 1.63 bits per heavy atom. The van der Waals surface area contributed by atoms with Crippen molar-refractivity contribution in [1.29, 1.82) is 0 Å². The van der Waals surface area contributed by atoms with Crippen molar-refractivity contribution in [3.63, 3.8) is 0 Å². The van der Waals surface area contributed by atoms with Gasteiger partial charge in [0.2, 0.25) is 0 Å². The first-order chi connectivity index (χ1) is 9.11. The summed E-state index contributed by atoms with van der Waals surface area (Å²) in [6.45, 7) is 10.2. The van der Waals surface area contributed by atoms with Gasteiger partial charge in [0.15, 0.2) is 0 Å². The molecule has 0 bridgehead atoms. The fourth-order valence-electron chi connectivity index (χ4n) is 2.53. The minimum Gasteiger partial charge on any atom is -0.310 e. The van der Waals surface area contributed by atoms with Gasteiger partial charge in [-0.1, -0.05) is 63.8 Å². The van der Waals surface area contributed by atoms with E-state index in [0.717, 1.165) is 12.5 Å². The Kier molecular flexibility index (Phi) is 7.81. The van der Waals surface area contributed by atoms with Crippen molar-refractivity contribution >= 4 is 0 Å². The van der Waals surface area contributed by atoms with Crippen LogP contribution in [0.4, 0.5) is 0 Å². The van der Waals surface area contributed by atoms with Crippen LogP contribution in [0.2, 0.25) is 0 Å². The van der Waals surface area contributed by atoms with Gasteiger partial charge in [0.05, 0.1) is 0 Å². The number of unbranched alkanes of at least 4 members (excludes halogenated alkanes) is 3. The number of hydrogen-bond acceptors (Lipinski definition) is 1. The van der Waals surface area contributed by atoms with E-state index < -0.39 is 0 Å². The summed E-state index contributed by atoms with van der Waals surface area (Å²) in [4.78, 5) is 0. The largest absolute Gasteiger partial charge is 0.310 e. The molecule has 0 aliphatic rings. The molecule has 0 aromatic heterocycles. The van der Waals surface area contributed by atoms with Gasteiger partial charge in [-0.05, 0) is 43.9 Å². The molecule has 0 radical (unpaired) electrons. The smallest absolute Gasteiger partial charge is 0.0294 e. The summed E-state index contributed by atoms with van der Waals surface area (Å²) < 4.78 is 0. The van der Waals surface area contributed by atoms with E-state index >= 15 is 0 Å². The molecule has 1 unspecified atom stereocenters. The maximum atomic E-state index is 3.64. The number of rotatable bonds is 9. The molecule has 19 heavy (non-hydrogen) atoms. The molecule has 0 saturated carbocycles. The van der Waals surface area contributed by atoms with Crippen LogP contribution < -0.4 is 5.32 Å². The molecule has 0 aliphatic carbocycles. The highest BCUT2D eigenvalue weighted by Gasteiger charge is 2.06. The van der Waals surface area contributed by atoms with E-state index in [4.69, 9.17) is 0 Å². The van der Waals surface area contributed by atoms with Crippen LogP contribution in [0.3, 0.4) is 0 Å². The highest BCUT2D eigenvalue weighted by atomic mass is 14.9. The van der Waals surface area contributed by atoms with Crippen molar-refractivity contribution in [3.05, 3.63) is 35.4 Å². The predicted molar refractivity (Wildman–Crippen MR) is 85.5 cm³/mol. The van der Waals surface area contributed by atoms with E-state index in [2.05, 4.69) is 57.3 Å². The molecule has 0 aliphatic heterocycles. The van der Waals surface area contributed by atoms with Crippen molar-refractivity contribution in [1.82, 2.24) is 5.32 Å². The molecule has 1 nitrogen and oxygen atoms in total. The second-order valence-electron chi connectivity index (χ2n) is 6.13. The lowest BCUT2D eigenvalue weighted by molar-refractivity contribution is 0.498. The second-order valence-corrected chi connectivity index (χ2v) is 6.13. The van der Waals surface area contributed by atoms with Gasteiger partial charge in [0, 0.05) is 6.04 Å². The first-order valence-electron chi connectivity index (χ1n) is 7.90. The van der Waals surface area contributed by atoms with Gasteiger partial charge in [-0.25, -0.2) is 0 Å². The van der Waals surface area contributed by atoms with Crippen LogP contribution in [0.1, 0.15) is 70.0 Å². The monoisotopic (exact) mass is 261 g/mol. The highest BCUT2D eigenvalue weighted by molar-refractivity contribution is 5.28. The van der Waals surface area contributed by atoms with Gasteiger partial charge < -0.3 is 5.32 Å². The van der Waals surface area contributed by atoms with Crippen molar-refractivity contribution in [2.45, 2.75) is 65.8 Å². The number of nitrogens with one attached hydrogen (secondary N) is 1. The minimum absolute atomic E-state index is 0.469. The van der Waals surface area contributed by atoms with Crippen LogP contribution in [0.5, 0.6) is 0 Å². The summed E-state index contributed by atoms with van der Waals surface area (Å²) in [5, 5.41) is 3.64. The van der Waals surface area contributed by atoms with Crippen molar-refractivity contribution in [3.8, 4) is 0 Å². The SMILES string of the molecule is Cc1ccccc1C(C)NCCCCCCC(C)C. The molecule has 0 heterocycles. The van der Waals surface area contributed by atoms with Gasteiger partial charge in [-0.3, -0.25) is 0 Å². The molecular weight excluding hydrogens is 230 g/mol. The molecule has 0 saturated heterocycles. The summed E-state index contributed by atoms with van der Waals surface area (Å²) in [5.41, 5.74) is 2.82. The molecule has 0 spiro atoms. The van der Waals surface area contributed by atoms with E-state index in [9.17, 15) is 0 Å². The fraction of sp³-hybridized carbons (Fsp3) is 0.667. The Morgan fingerprint density at radius 1 is 0.947 bits per heavy atom. The van der Waals surface area contributed by atoms with Gasteiger partial charge >= 0.3 is 0 Å². The zero-order valence-corrected chi connectivity index (χ0v) is 13.2. The average Bonchev–Trinajstić information content (AvgIpc) is 2.37. The molecule has 1 atom stereocenters.